The van der Waals surface area contributed by atoms with Crippen molar-refractivity contribution in [3.63, 3.8) is 0 Å². The van der Waals surface area contributed by atoms with Crippen molar-refractivity contribution in [1.82, 2.24) is 0 Å². The molecular weight excluding hydrogens is 290 g/mol. The van der Waals surface area contributed by atoms with Crippen LogP contribution in [0.1, 0.15) is 25.7 Å². The highest BCUT2D eigenvalue weighted by Gasteiger charge is 2.62. The zero-order chi connectivity index (χ0) is 15.9. The summed E-state index contributed by atoms with van der Waals surface area (Å²) >= 11 is 0. The smallest absolute Gasteiger partial charge is 0.243 e. The SMILES string of the molecule is NC(=O)C1C(F)C2(C[CH]CCC2)C(=O)N1c1cccc(F)c1. The standard InChI is InChI=1S/C16H17F2N2O2/c17-10-5-4-6-11(9-10)20-12(14(19)21)13(18)16(15(20)22)7-2-1-3-8-16/h2,4-6,9,12-13H,1,3,7-8H2,(H2,19,21). The number of nitrogens with two attached hydrogens (primary N) is 1. The summed E-state index contributed by atoms with van der Waals surface area (Å²) in [6.07, 6.45) is 2.36. The number of alkyl halides is 1. The Hall–Kier alpha value is -1.98. The second-order valence-corrected chi connectivity index (χ2v) is 5.95. The lowest BCUT2D eigenvalue weighted by molar-refractivity contribution is -0.128. The van der Waals surface area contributed by atoms with Gasteiger partial charge in [-0.05, 0) is 37.5 Å². The molecule has 6 heteroatoms. The predicted octanol–water partition coefficient (Wildman–Crippen LogP) is 2.13. The van der Waals surface area contributed by atoms with E-state index in [0.717, 1.165) is 17.4 Å². The second kappa shape index (κ2) is 5.34. The van der Waals surface area contributed by atoms with Crippen LogP contribution in [0.25, 0.3) is 0 Å². The molecule has 1 aliphatic heterocycles. The minimum absolute atomic E-state index is 0.166. The highest BCUT2D eigenvalue weighted by Crippen LogP contribution is 2.49. The molecule has 22 heavy (non-hydrogen) atoms. The van der Waals surface area contributed by atoms with Crippen LogP contribution in [0.5, 0.6) is 0 Å². The van der Waals surface area contributed by atoms with Gasteiger partial charge < -0.3 is 5.73 Å². The van der Waals surface area contributed by atoms with E-state index in [9.17, 15) is 18.4 Å². The molecule has 2 N–H and O–H groups in total. The molecule has 4 nitrogen and oxygen atoms in total. The lowest BCUT2D eigenvalue weighted by atomic mass is 9.71. The minimum atomic E-state index is -1.68. The summed E-state index contributed by atoms with van der Waals surface area (Å²) in [4.78, 5) is 25.6. The van der Waals surface area contributed by atoms with Gasteiger partial charge in [0.05, 0.1) is 5.41 Å². The number of carbonyl (C=O) groups is 2. The topological polar surface area (TPSA) is 63.4 Å². The summed E-state index contributed by atoms with van der Waals surface area (Å²) in [6.45, 7) is 0. The third-order valence-corrected chi connectivity index (χ3v) is 4.65. The maximum Gasteiger partial charge on any atom is 0.243 e. The Kier molecular flexibility index (Phi) is 3.62. The number of hydrogen-bond acceptors (Lipinski definition) is 2. The normalized spacial score (nSPS) is 27.4. The molecular formula is C16H17F2N2O2. The maximum atomic E-state index is 15.0. The van der Waals surface area contributed by atoms with E-state index in [1.54, 1.807) is 0 Å². The first-order valence-corrected chi connectivity index (χ1v) is 7.32. The van der Waals surface area contributed by atoms with Crippen LogP contribution in [0.2, 0.25) is 0 Å². The van der Waals surface area contributed by atoms with E-state index in [4.69, 9.17) is 5.73 Å². The average molecular weight is 307 g/mol. The van der Waals surface area contributed by atoms with E-state index in [-0.39, 0.29) is 12.1 Å². The number of rotatable bonds is 2. The van der Waals surface area contributed by atoms with E-state index >= 15 is 0 Å². The molecule has 1 aromatic carbocycles. The molecule has 1 aromatic rings. The van der Waals surface area contributed by atoms with Crippen molar-refractivity contribution >= 4 is 17.5 Å². The summed E-state index contributed by atoms with van der Waals surface area (Å²) in [7, 11) is 0. The fraction of sp³-hybridized carbons (Fsp3) is 0.438. The molecule has 1 radical (unpaired) electrons. The maximum absolute atomic E-state index is 15.0. The fourth-order valence-electron chi connectivity index (χ4n) is 3.56. The lowest BCUT2D eigenvalue weighted by Gasteiger charge is -2.32. The average Bonchev–Trinajstić information content (AvgIpc) is 2.70. The molecule has 0 bridgehead atoms. The Morgan fingerprint density at radius 1 is 1.41 bits per heavy atom. The van der Waals surface area contributed by atoms with Crippen molar-refractivity contribution in [1.29, 1.82) is 0 Å². The van der Waals surface area contributed by atoms with Gasteiger partial charge in [0.1, 0.15) is 18.0 Å². The van der Waals surface area contributed by atoms with Crippen LogP contribution in [-0.4, -0.2) is 24.0 Å². The zero-order valence-electron chi connectivity index (χ0n) is 12.0. The molecule has 3 rings (SSSR count). The molecule has 0 aromatic heterocycles. The molecule has 2 amide bonds. The van der Waals surface area contributed by atoms with E-state index < -0.39 is 35.3 Å². The predicted molar refractivity (Wildman–Crippen MR) is 77.0 cm³/mol. The number of amides is 2. The summed E-state index contributed by atoms with van der Waals surface area (Å²) in [6, 6.07) is 3.85. The van der Waals surface area contributed by atoms with Crippen LogP contribution in [0.4, 0.5) is 14.5 Å². The number of anilines is 1. The third-order valence-electron chi connectivity index (χ3n) is 4.65. The van der Waals surface area contributed by atoms with Crippen LogP contribution in [0.15, 0.2) is 24.3 Å². The van der Waals surface area contributed by atoms with Crippen molar-refractivity contribution in [2.24, 2.45) is 11.1 Å². The first-order valence-electron chi connectivity index (χ1n) is 7.32. The number of hydrogen-bond donors (Lipinski definition) is 1. The lowest BCUT2D eigenvalue weighted by Crippen LogP contribution is -2.46. The summed E-state index contributed by atoms with van der Waals surface area (Å²) in [5, 5.41) is 0. The number of benzene rings is 1. The van der Waals surface area contributed by atoms with E-state index in [2.05, 4.69) is 0 Å². The monoisotopic (exact) mass is 307 g/mol. The first kappa shape index (κ1) is 14.9. The van der Waals surface area contributed by atoms with Gasteiger partial charge in [0.2, 0.25) is 11.8 Å². The largest absolute Gasteiger partial charge is 0.368 e. The van der Waals surface area contributed by atoms with Gasteiger partial charge in [-0.25, -0.2) is 8.78 Å². The quantitative estimate of drug-likeness (QED) is 0.909. The molecule has 3 atom stereocenters. The van der Waals surface area contributed by atoms with Gasteiger partial charge in [0, 0.05) is 5.69 Å². The van der Waals surface area contributed by atoms with E-state index in [1.165, 1.54) is 18.2 Å². The highest BCUT2D eigenvalue weighted by atomic mass is 19.1. The Bertz CT molecular complexity index is 614. The van der Waals surface area contributed by atoms with Gasteiger partial charge in [-0.2, -0.15) is 0 Å². The minimum Gasteiger partial charge on any atom is -0.368 e. The molecule has 1 aliphatic carbocycles. The molecule has 1 spiro atoms. The Morgan fingerprint density at radius 2 is 2.18 bits per heavy atom. The molecule has 2 aliphatic rings. The van der Waals surface area contributed by atoms with E-state index in [0.29, 0.717) is 12.8 Å². The van der Waals surface area contributed by atoms with Gasteiger partial charge in [-0.1, -0.05) is 18.9 Å². The summed E-state index contributed by atoms with van der Waals surface area (Å²) in [5.41, 5.74) is 4.25. The second-order valence-electron chi connectivity index (χ2n) is 5.95. The molecule has 2 fully saturated rings. The first-order chi connectivity index (χ1) is 10.5. The van der Waals surface area contributed by atoms with Gasteiger partial charge in [-0.15, -0.1) is 0 Å². The summed E-state index contributed by atoms with van der Waals surface area (Å²) < 4.78 is 28.4. The molecule has 3 unspecified atom stereocenters. The van der Waals surface area contributed by atoms with Crippen LogP contribution in [0, 0.1) is 17.7 Å². The molecule has 1 saturated heterocycles. The fourth-order valence-corrected chi connectivity index (χ4v) is 3.56. The molecule has 117 valence electrons. The van der Waals surface area contributed by atoms with Gasteiger partial charge in [0.25, 0.3) is 0 Å². The van der Waals surface area contributed by atoms with Crippen molar-refractivity contribution < 1.29 is 18.4 Å². The Morgan fingerprint density at radius 3 is 2.77 bits per heavy atom. The van der Waals surface area contributed by atoms with Gasteiger partial charge in [0.15, 0.2) is 0 Å². The van der Waals surface area contributed by atoms with Crippen LogP contribution >= 0.6 is 0 Å². The van der Waals surface area contributed by atoms with Gasteiger partial charge in [-0.3, -0.25) is 14.5 Å². The van der Waals surface area contributed by atoms with Crippen LogP contribution < -0.4 is 10.6 Å². The van der Waals surface area contributed by atoms with Crippen molar-refractivity contribution in [3.05, 3.63) is 36.5 Å². The molecule has 1 saturated carbocycles. The number of halogens is 2. The number of carbonyl (C=O) groups excluding carboxylic acids is 2. The van der Waals surface area contributed by atoms with Crippen molar-refractivity contribution in [2.75, 3.05) is 4.90 Å². The van der Waals surface area contributed by atoms with E-state index in [1.807, 2.05) is 6.42 Å². The summed E-state index contributed by atoms with van der Waals surface area (Å²) in [5.74, 6) is -1.95. The Balaban J connectivity index is 2.07. The van der Waals surface area contributed by atoms with Crippen LogP contribution in [-0.2, 0) is 9.59 Å². The number of nitrogens with zero attached hydrogens (tertiary/aromatic N) is 1. The van der Waals surface area contributed by atoms with Crippen molar-refractivity contribution in [2.45, 2.75) is 37.9 Å². The third kappa shape index (κ3) is 2.09. The van der Waals surface area contributed by atoms with Crippen molar-refractivity contribution in [3.8, 4) is 0 Å². The van der Waals surface area contributed by atoms with Gasteiger partial charge >= 0.3 is 0 Å². The highest BCUT2D eigenvalue weighted by molar-refractivity contribution is 6.08. The number of primary amides is 1. The van der Waals surface area contributed by atoms with Crippen LogP contribution in [0.3, 0.4) is 0 Å². The Labute approximate surface area is 127 Å². The molecule has 1 heterocycles. The zero-order valence-corrected chi connectivity index (χ0v) is 12.0.